The number of rotatable bonds is 5. The van der Waals surface area contributed by atoms with Gasteiger partial charge in [-0.05, 0) is 54.1 Å². The minimum Gasteiger partial charge on any atom is -0.424 e. The van der Waals surface area contributed by atoms with Gasteiger partial charge in [0.05, 0.1) is 0 Å². The molecule has 0 spiro atoms. The highest BCUT2D eigenvalue weighted by Crippen LogP contribution is 2.21. The first-order chi connectivity index (χ1) is 12.7. The number of allylic oxidation sites excluding steroid dienone is 1. The minimum atomic E-state index is -0.373. The van der Waals surface area contributed by atoms with Gasteiger partial charge in [-0.15, -0.1) is 0 Å². The number of nitriles is 1. The lowest BCUT2D eigenvalue weighted by Gasteiger charge is -2.04. The van der Waals surface area contributed by atoms with Crippen molar-refractivity contribution in [2.45, 2.75) is 0 Å². The van der Waals surface area contributed by atoms with Crippen molar-refractivity contribution in [3.63, 3.8) is 0 Å². The van der Waals surface area contributed by atoms with Gasteiger partial charge in [-0.1, -0.05) is 23.7 Å². The highest BCUT2D eigenvalue weighted by Gasteiger charge is 2.12. The van der Waals surface area contributed by atoms with Gasteiger partial charge < -0.3 is 4.74 Å². The Bertz CT molecular complexity index is 994. The molecule has 126 valence electrons. The molecular weight excluding hydrogens is 350 g/mol. The smallest absolute Gasteiger partial charge is 0.321 e. The number of carbonyl (C=O) groups excluding carboxylic acids is 1. The average molecular weight is 362 g/mol. The highest BCUT2D eigenvalue weighted by atomic mass is 35.5. The lowest BCUT2D eigenvalue weighted by Crippen LogP contribution is -2.01. The van der Waals surface area contributed by atoms with E-state index < -0.39 is 0 Å². The Labute approximate surface area is 155 Å². The van der Waals surface area contributed by atoms with Crippen LogP contribution in [0.1, 0.15) is 15.9 Å². The number of benzene rings is 2. The van der Waals surface area contributed by atoms with Crippen LogP contribution in [0.25, 0.3) is 6.08 Å². The van der Waals surface area contributed by atoms with Crippen molar-refractivity contribution in [2.75, 3.05) is 0 Å². The van der Waals surface area contributed by atoms with Crippen LogP contribution in [0.3, 0.4) is 0 Å². The summed E-state index contributed by atoms with van der Waals surface area (Å²) in [6.07, 6.45) is 4.66. The topological polar surface area (TPSA) is 75.9 Å². The summed E-state index contributed by atoms with van der Waals surface area (Å²) in [5.74, 6) is 0.128. The minimum absolute atomic E-state index is 0.0143. The summed E-state index contributed by atoms with van der Waals surface area (Å²) in [4.78, 5) is 20.5. The Morgan fingerprint density at radius 3 is 2.50 bits per heavy atom. The van der Waals surface area contributed by atoms with Gasteiger partial charge in [0.2, 0.25) is 5.78 Å². The standard InChI is InChI=1S/C20H12ClN3O2/c21-17-7-5-15(6-8-17)19(25)16(13-22)11-14-3-1-4-18(12-14)26-20-23-9-2-10-24-20/h1-12H/b16-11+. The van der Waals surface area contributed by atoms with Crippen molar-refractivity contribution < 1.29 is 9.53 Å². The molecule has 0 saturated heterocycles. The quantitative estimate of drug-likeness (QED) is 0.373. The highest BCUT2D eigenvalue weighted by molar-refractivity contribution is 6.30. The van der Waals surface area contributed by atoms with Crippen LogP contribution >= 0.6 is 11.6 Å². The van der Waals surface area contributed by atoms with E-state index in [2.05, 4.69) is 9.97 Å². The number of nitrogens with zero attached hydrogens (tertiary/aromatic N) is 3. The second-order valence-corrected chi connectivity index (χ2v) is 5.65. The van der Waals surface area contributed by atoms with Crippen molar-refractivity contribution in [1.82, 2.24) is 9.97 Å². The van der Waals surface area contributed by atoms with Crippen LogP contribution in [0, 0.1) is 11.3 Å². The molecule has 0 atom stereocenters. The van der Waals surface area contributed by atoms with E-state index in [-0.39, 0.29) is 17.4 Å². The summed E-state index contributed by atoms with van der Waals surface area (Å²) in [7, 11) is 0. The molecule has 0 aliphatic carbocycles. The molecule has 3 rings (SSSR count). The molecule has 0 unspecified atom stereocenters. The van der Waals surface area contributed by atoms with Crippen LogP contribution < -0.4 is 4.74 Å². The van der Waals surface area contributed by atoms with E-state index in [4.69, 9.17) is 16.3 Å². The van der Waals surface area contributed by atoms with Crippen LogP contribution in [0.4, 0.5) is 0 Å². The molecule has 5 nitrogen and oxygen atoms in total. The fourth-order valence-electron chi connectivity index (χ4n) is 2.18. The van der Waals surface area contributed by atoms with E-state index in [0.717, 1.165) is 0 Å². The molecule has 0 aliphatic heterocycles. The first-order valence-electron chi connectivity index (χ1n) is 7.63. The molecule has 0 bridgehead atoms. The molecule has 0 amide bonds. The molecule has 3 aromatic rings. The number of Topliss-reactive ketones (excluding diaryl/α,β-unsaturated/α-hetero) is 1. The van der Waals surface area contributed by atoms with Gasteiger partial charge in [-0.25, -0.2) is 9.97 Å². The molecule has 26 heavy (non-hydrogen) atoms. The van der Waals surface area contributed by atoms with E-state index in [1.165, 1.54) is 6.08 Å². The van der Waals surface area contributed by atoms with Crippen molar-refractivity contribution >= 4 is 23.5 Å². The van der Waals surface area contributed by atoms with Crippen LogP contribution in [0.2, 0.25) is 5.02 Å². The summed E-state index contributed by atoms with van der Waals surface area (Å²) < 4.78 is 5.56. The molecular formula is C20H12ClN3O2. The van der Waals surface area contributed by atoms with Gasteiger partial charge in [-0.2, -0.15) is 5.26 Å². The fraction of sp³-hybridized carbons (Fsp3) is 0. The number of ketones is 1. The maximum absolute atomic E-state index is 12.5. The van der Waals surface area contributed by atoms with Crippen molar-refractivity contribution in [1.29, 1.82) is 5.26 Å². The first-order valence-corrected chi connectivity index (χ1v) is 8.00. The van der Waals surface area contributed by atoms with E-state index in [1.807, 2.05) is 6.07 Å². The molecule has 2 aromatic carbocycles. The second-order valence-electron chi connectivity index (χ2n) is 5.21. The number of aromatic nitrogens is 2. The van der Waals surface area contributed by atoms with Gasteiger partial charge in [0.15, 0.2) is 0 Å². The summed E-state index contributed by atoms with van der Waals surface area (Å²) in [5.41, 5.74) is 1.06. The van der Waals surface area contributed by atoms with Crippen molar-refractivity contribution in [2.24, 2.45) is 0 Å². The Hall–Kier alpha value is -3.49. The summed E-state index contributed by atoms with van der Waals surface area (Å²) in [6, 6.07) is 17.2. The van der Waals surface area contributed by atoms with Crippen LogP contribution in [-0.2, 0) is 0 Å². The fourth-order valence-corrected chi connectivity index (χ4v) is 2.31. The predicted molar refractivity (Wildman–Crippen MR) is 97.9 cm³/mol. The molecule has 0 aliphatic rings. The van der Waals surface area contributed by atoms with Gasteiger partial charge >= 0.3 is 6.01 Å². The molecule has 0 fully saturated rings. The molecule has 0 radical (unpaired) electrons. The Kier molecular flexibility index (Phi) is 5.37. The average Bonchev–Trinajstić information content (AvgIpc) is 2.67. The van der Waals surface area contributed by atoms with E-state index in [9.17, 15) is 10.1 Å². The third-order valence-electron chi connectivity index (χ3n) is 3.39. The zero-order valence-corrected chi connectivity index (χ0v) is 14.2. The first kappa shape index (κ1) is 17.3. The molecule has 1 heterocycles. The summed E-state index contributed by atoms with van der Waals surface area (Å²) >= 11 is 5.83. The van der Waals surface area contributed by atoms with Crippen LogP contribution in [0.15, 0.2) is 72.6 Å². The van der Waals surface area contributed by atoms with Crippen molar-refractivity contribution in [3.05, 3.63) is 88.7 Å². The normalized spacial score (nSPS) is 10.8. The van der Waals surface area contributed by atoms with Gasteiger partial charge in [0.1, 0.15) is 17.4 Å². The Morgan fingerprint density at radius 2 is 1.81 bits per heavy atom. The van der Waals surface area contributed by atoms with Crippen molar-refractivity contribution in [3.8, 4) is 17.8 Å². The second kappa shape index (κ2) is 8.06. The Morgan fingerprint density at radius 1 is 1.08 bits per heavy atom. The summed E-state index contributed by atoms with van der Waals surface area (Å²) in [6.45, 7) is 0. The van der Waals surface area contributed by atoms with E-state index in [1.54, 1.807) is 67.0 Å². The predicted octanol–water partition coefficient (Wildman–Crippen LogP) is 4.71. The number of halogens is 1. The summed E-state index contributed by atoms with van der Waals surface area (Å²) in [5, 5.41) is 9.89. The monoisotopic (exact) mass is 361 g/mol. The molecule has 0 saturated carbocycles. The zero-order valence-electron chi connectivity index (χ0n) is 13.5. The van der Waals surface area contributed by atoms with E-state index in [0.29, 0.717) is 21.9 Å². The third kappa shape index (κ3) is 4.32. The third-order valence-corrected chi connectivity index (χ3v) is 3.64. The lowest BCUT2D eigenvalue weighted by molar-refractivity contribution is 0.104. The maximum Gasteiger partial charge on any atom is 0.321 e. The van der Waals surface area contributed by atoms with Gasteiger partial charge in [0, 0.05) is 23.0 Å². The lowest BCUT2D eigenvalue weighted by atomic mass is 10.0. The number of ether oxygens (including phenoxy) is 1. The SMILES string of the molecule is N#C/C(=C\c1cccc(Oc2ncccn2)c1)C(=O)c1ccc(Cl)cc1. The largest absolute Gasteiger partial charge is 0.424 e. The zero-order chi connectivity index (χ0) is 18.4. The molecule has 6 heteroatoms. The number of carbonyl (C=O) groups is 1. The number of hydrogen-bond donors (Lipinski definition) is 0. The Balaban J connectivity index is 1.85. The van der Waals surface area contributed by atoms with Crippen LogP contribution in [0.5, 0.6) is 11.8 Å². The van der Waals surface area contributed by atoms with E-state index >= 15 is 0 Å². The molecule has 1 aromatic heterocycles. The van der Waals surface area contributed by atoms with Gasteiger partial charge in [-0.3, -0.25) is 4.79 Å². The maximum atomic E-state index is 12.5. The number of hydrogen-bond acceptors (Lipinski definition) is 5. The van der Waals surface area contributed by atoms with Gasteiger partial charge in [0.25, 0.3) is 0 Å². The molecule has 0 N–H and O–H groups in total. The van der Waals surface area contributed by atoms with Crippen LogP contribution in [-0.4, -0.2) is 15.8 Å².